The third-order valence-electron chi connectivity index (χ3n) is 4.05. The molecule has 0 spiro atoms. The highest BCUT2D eigenvalue weighted by molar-refractivity contribution is 5.82. The molecule has 1 N–H and O–H groups in total. The van der Waals surface area contributed by atoms with E-state index in [4.69, 9.17) is 4.98 Å². The Morgan fingerprint density at radius 3 is 2.79 bits per heavy atom. The Morgan fingerprint density at radius 1 is 0.958 bits per heavy atom. The number of aromatic nitrogens is 6. The van der Waals surface area contributed by atoms with Gasteiger partial charge in [-0.25, -0.2) is 15.0 Å². The van der Waals surface area contributed by atoms with Crippen LogP contribution in [-0.2, 0) is 0 Å². The van der Waals surface area contributed by atoms with Gasteiger partial charge in [0, 0.05) is 40.7 Å². The van der Waals surface area contributed by atoms with Crippen LogP contribution in [0.1, 0.15) is 0 Å². The molecule has 6 heteroatoms. The normalized spacial score (nSPS) is 11.3. The number of benzene rings is 1. The van der Waals surface area contributed by atoms with Crippen molar-refractivity contribution in [2.24, 2.45) is 0 Å². The molecule has 0 bridgehead atoms. The number of H-pyrrole nitrogens is 1. The Kier molecular flexibility index (Phi) is 2.69. The van der Waals surface area contributed by atoms with Crippen LogP contribution in [0.15, 0.2) is 67.5 Å². The molecule has 114 valence electrons. The van der Waals surface area contributed by atoms with Gasteiger partial charge in [0.05, 0.1) is 11.9 Å². The highest BCUT2D eigenvalue weighted by Gasteiger charge is 2.10. The third-order valence-corrected chi connectivity index (χ3v) is 4.05. The van der Waals surface area contributed by atoms with Crippen LogP contribution in [0, 0.1) is 0 Å². The molecule has 4 heterocycles. The first-order valence-corrected chi connectivity index (χ1v) is 7.56. The summed E-state index contributed by atoms with van der Waals surface area (Å²) >= 11 is 0. The number of rotatable bonds is 2. The van der Waals surface area contributed by atoms with Crippen molar-refractivity contribution in [2.45, 2.75) is 0 Å². The Hall–Kier alpha value is -3.54. The van der Waals surface area contributed by atoms with Crippen molar-refractivity contribution in [3.05, 3.63) is 67.5 Å². The van der Waals surface area contributed by atoms with Gasteiger partial charge in [-0.15, -0.1) is 0 Å². The molecule has 0 aliphatic heterocycles. The van der Waals surface area contributed by atoms with E-state index in [0.717, 1.165) is 33.5 Å². The SMILES string of the molecule is c1cc(-c2cnc3ncn(-c4ccc5[nH]ccc5c4)c3n2)ccn1. The fourth-order valence-corrected chi connectivity index (χ4v) is 2.83. The molecule has 1 aromatic carbocycles. The summed E-state index contributed by atoms with van der Waals surface area (Å²) in [5.74, 6) is 0. The standard InChI is InChI=1S/C18H12N6/c1-2-15-13(5-8-20-15)9-14(1)24-11-22-17-18(24)23-16(10-21-17)12-3-6-19-7-4-12/h1-11,20H. The van der Waals surface area contributed by atoms with Crippen molar-refractivity contribution in [3.63, 3.8) is 0 Å². The second-order valence-corrected chi connectivity index (χ2v) is 5.50. The molecule has 0 amide bonds. The lowest BCUT2D eigenvalue weighted by atomic mass is 10.2. The maximum atomic E-state index is 4.75. The van der Waals surface area contributed by atoms with Crippen LogP contribution in [0.4, 0.5) is 0 Å². The van der Waals surface area contributed by atoms with Gasteiger partial charge in [-0.05, 0) is 36.4 Å². The van der Waals surface area contributed by atoms with E-state index in [0.29, 0.717) is 5.65 Å². The molecule has 0 saturated carbocycles. The predicted octanol–water partition coefficient (Wildman–Crippen LogP) is 3.36. The molecule has 0 unspecified atom stereocenters. The zero-order chi connectivity index (χ0) is 15.9. The van der Waals surface area contributed by atoms with Crippen LogP contribution < -0.4 is 0 Å². The Bertz CT molecular complexity index is 1160. The number of nitrogens with one attached hydrogen (secondary N) is 1. The van der Waals surface area contributed by atoms with Crippen LogP contribution >= 0.6 is 0 Å². The summed E-state index contributed by atoms with van der Waals surface area (Å²) in [6, 6.07) is 12.1. The highest BCUT2D eigenvalue weighted by atomic mass is 15.1. The Balaban J connectivity index is 1.71. The van der Waals surface area contributed by atoms with Gasteiger partial charge in [0.15, 0.2) is 11.3 Å². The van der Waals surface area contributed by atoms with Crippen molar-refractivity contribution in [2.75, 3.05) is 0 Å². The molecular weight excluding hydrogens is 300 g/mol. The zero-order valence-electron chi connectivity index (χ0n) is 12.6. The predicted molar refractivity (Wildman–Crippen MR) is 91.7 cm³/mol. The van der Waals surface area contributed by atoms with Crippen molar-refractivity contribution in [3.8, 4) is 16.9 Å². The second-order valence-electron chi connectivity index (χ2n) is 5.50. The lowest BCUT2D eigenvalue weighted by Crippen LogP contribution is -1.96. The first-order valence-electron chi connectivity index (χ1n) is 7.56. The number of hydrogen-bond acceptors (Lipinski definition) is 4. The lowest BCUT2D eigenvalue weighted by molar-refractivity contribution is 1.07. The van der Waals surface area contributed by atoms with Crippen LogP contribution in [0.25, 0.3) is 39.1 Å². The Morgan fingerprint density at radius 2 is 1.88 bits per heavy atom. The minimum atomic E-state index is 0.627. The van der Waals surface area contributed by atoms with Gasteiger partial charge in [0.25, 0.3) is 0 Å². The van der Waals surface area contributed by atoms with Crippen LogP contribution in [-0.4, -0.2) is 29.5 Å². The van der Waals surface area contributed by atoms with Gasteiger partial charge in [0.1, 0.15) is 6.33 Å². The smallest absolute Gasteiger partial charge is 0.197 e. The van der Waals surface area contributed by atoms with E-state index >= 15 is 0 Å². The van der Waals surface area contributed by atoms with E-state index in [1.54, 1.807) is 24.9 Å². The zero-order valence-corrected chi connectivity index (χ0v) is 12.6. The molecule has 24 heavy (non-hydrogen) atoms. The monoisotopic (exact) mass is 312 g/mol. The maximum Gasteiger partial charge on any atom is 0.197 e. The summed E-state index contributed by atoms with van der Waals surface area (Å²) in [6.45, 7) is 0. The summed E-state index contributed by atoms with van der Waals surface area (Å²) in [4.78, 5) is 20.8. The van der Waals surface area contributed by atoms with Gasteiger partial charge >= 0.3 is 0 Å². The number of fused-ring (bicyclic) bond motifs is 2. The molecular formula is C18H12N6. The summed E-state index contributed by atoms with van der Waals surface area (Å²) in [7, 11) is 0. The van der Waals surface area contributed by atoms with E-state index in [2.05, 4.69) is 32.1 Å². The lowest BCUT2D eigenvalue weighted by Gasteiger charge is -2.05. The summed E-state index contributed by atoms with van der Waals surface area (Å²) in [5, 5.41) is 1.15. The van der Waals surface area contributed by atoms with E-state index < -0.39 is 0 Å². The van der Waals surface area contributed by atoms with E-state index in [-0.39, 0.29) is 0 Å². The van der Waals surface area contributed by atoms with Crippen LogP contribution in [0.3, 0.4) is 0 Å². The average Bonchev–Trinajstić information content (AvgIpc) is 3.27. The Labute approximate surface area is 136 Å². The first kappa shape index (κ1) is 13.0. The molecule has 5 aromatic rings. The number of pyridine rings is 1. The minimum absolute atomic E-state index is 0.627. The van der Waals surface area contributed by atoms with Gasteiger partial charge < -0.3 is 4.98 Å². The first-order chi connectivity index (χ1) is 11.9. The van der Waals surface area contributed by atoms with Gasteiger partial charge in [0.2, 0.25) is 0 Å². The summed E-state index contributed by atoms with van der Waals surface area (Å²) in [6.07, 6.45) is 8.93. The van der Waals surface area contributed by atoms with Crippen molar-refractivity contribution < 1.29 is 0 Å². The molecule has 4 aromatic heterocycles. The van der Waals surface area contributed by atoms with E-state index in [1.165, 1.54) is 0 Å². The van der Waals surface area contributed by atoms with Gasteiger partial charge in [-0.1, -0.05) is 0 Å². The quantitative estimate of drug-likeness (QED) is 0.542. The molecule has 0 aliphatic rings. The van der Waals surface area contributed by atoms with Crippen LogP contribution in [0.2, 0.25) is 0 Å². The summed E-state index contributed by atoms with van der Waals surface area (Å²) < 4.78 is 1.96. The topological polar surface area (TPSA) is 72.3 Å². The van der Waals surface area contributed by atoms with Gasteiger partial charge in [-0.3, -0.25) is 9.55 Å². The average molecular weight is 312 g/mol. The van der Waals surface area contributed by atoms with Gasteiger partial charge in [-0.2, -0.15) is 0 Å². The molecule has 6 nitrogen and oxygen atoms in total. The fraction of sp³-hybridized carbons (Fsp3) is 0. The molecule has 0 atom stereocenters. The molecule has 0 radical (unpaired) electrons. The number of imidazole rings is 1. The number of aromatic amines is 1. The molecule has 5 rings (SSSR count). The van der Waals surface area contributed by atoms with Crippen molar-refractivity contribution in [1.82, 2.24) is 29.5 Å². The fourth-order valence-electron chi connectivity index (χ4n) is 2.83. The molecule has 0 aliphatic carbocycles. The van der Waals surface area contributed by atoms with Crippen molar-refractivity contribution in [1.29, 1.82) is 0 Å². The van der Waals surface area contributed by atoms with E-state index in [1.807, 2.05) is 35.0 Å². The van der Waals surface area contributed by atoms with Crippen molar-refractivity contribution >= 4 is 22.2 Å². The molecule has 0 fully saturated rings. The number of nitrogens with zero attached hydrogens (tertiary/aromatic N) is 5. The van der Waals surface area contributed by atoms with E-state index in [9.17, 15) is 0 Å². The largest absolute Gasteiger partial charge is 0.361 e. The maximum absolute atomic E-state index is 4.75. The second kappa shape index (κ2) is 4.99. The minimum Gasteiger partial charge on any atom is -0.361 e. The molecule has 0 saturated heterocycles. The number of hydrogen-bond donors (Lipinski definition) is 1. The van der Waals surface area contributed by atoms with Crippen LogP contribution in [0.5, 0.6) is 0 Å². The summed E-state index contributed by atoms with van der Waals surface area (Å²) in [5.41, 5.74) is 5.25. The highest BCUT2D eigenvalue weighted by Crippen LogP contribution is 2.22. The third kappa shape index (κ3) is 1.97.